The fraction of sp³-hybridized carbons (Fsp3) is 0.323. The van der Waals surface area contributed by atoms with Gasteiger partial charge in [0.05, 0.1) is 13.2 Å². The highest BCUT2D eigenvalue weighted by Gasteiger charge is 2.36. The normalized spacial score (nSPS) is 18.2. The number of hydrogen-bond donors (Lipinski definition) is 2. The molecule has 1 saturated heterocycles. The third-order valence-corrected chi connectivity index (χ3v) is 7.79. The van der Waals surface area contributed by atoms with Gasteiger partial charge in [-0.25, -0.2) is 9.18 Å². The van der Waals surface area contributed by atoms with Crippen LogP contribution in [-0.2, 0) is 11.2 Å². The second-order valence-corrected chi connectivity index (χ2v) is 10.8. The lowest BCUT2D eigenvalue weighted by Crippen LogP contribution is -2.42. The molecule has 2 aliphatic heterocycles. The number of morpholine rings is 1. The molecule has 3 aromatic carbocycles. The molecular weight excluding hydrogens is 549 g/mol. The number of aliphatic hydroxyl groups excluding tert-OH is 1. The van der Waals surface area contributed by atoms with Gasteiger partial charge in [-0.15, -0.1) is 0 Å². The Bertz CT molecular complexity index is 1500. The van der Waals surface area contributed by atoms with Crippen molar-refractivity contribution in [3.63, 3.8) is 0 Å². The number of ether oxygens (including phenoxy) is 3. The van der Waals surface area contributed by atoms with Crippen LogP contribution < -0.4 is 9.47 Å². The Hall–Kier alpha value is -3.63. The summed E-state index contributed by atoms with van der Waals surface area (Å²) in [5, 5.41) is 12.1. The number of aromatic nitrogens is 1. The standard InChI is InChI=1S/C31H31ClFN3O5/c32-21-3-10-28-27(17-21)26-11-12-36(31(38)41-25-8-4-22(33)5-9-25)30(29(26)34-28)20-1-6-24(7-2-20)40-19-23(37)18-35-13-15-39-16-14-35/h1-10,17,23,30,34,37H,11-16,18-19H2/t23-,30?/m0/s1. The van der Waals surface area contributed by atoms with Gasteiger partial charge in [0.15, 0.2) is 0 Å². The van der Waals surface area contributed by atoms with E-state index in [9.17, 15) is 14.3 Å². The van der Waals surface area contributed by atoms with Crippen LogP contribution in [-0.4, -0.2) is 78.1 Å². The molecule has 0 bridgehead atoms. The number of amides is 1. The van der Waals surface area contributed by atoms with Crippen LogP contribution in [0, 0.1) is 5.82 Å². The molecule has 1 fully saturated rings. The monoisotopic (exact) mass is 579 g/mol. The number of halogens is 2. The lowest BCUT2D eigenvalue weighted by molar-refractivity contribution is 0.00465. The van der Waals surface area contributed by atoms with Gasteiger partial charge >= 0.3 is 6.09 Å². The summed E-state index contributed by atoms with van der Waals surface area (Å²) in [4.78, 5) is 20.8. The summed E-state index contributed by atoms with van der Waals surface area (Å²) in [7, 11) is 0. The number of H-pyrrole nitrogens is 1. The summed E-state index contributed by atoms with van der Waals surface area (Å²) in [6.07, 6.45) is -0.536. The molecule has 1 amide bonds. The zero-order chi connectivity index (χ0) is 28.3. The quantitative estimate of drug-likeness (QED) is 0.314. The molecule has 0 spiro atoms. The van der Waals surface area contributed by atoms with Gasteiger partial charge in [0.1, 0.15) is 36.1 Å². The number of fused-ring (bicyclic) bond motifs is 3. The van der Waals surface area contributed by atoms with E-state index in [1.54, 1.807) is 4.90 Å². The minimum atomic E-state index is -0.622. The van der Waals surface area contributed by atoms with Gasteiger partial charge in [-0.1, -0.05) is 23.7 Å². The van der Waals surface area contributed by atoms with Crippen molar-refractivity contribution in [1.29, 1.82) is 0 Å². The first-order valence-electron chi connectivity index (χ1n) is 13.7. The zero-order valence-electron chi connectivity index (χ0n) is 22.4. The molecule has 1 aromatic heterocycles. The summed E-state index contributed by atoms with van der Waals surface area (Å²) in [5.41, 5.74) is 3.79. The van der Waals surface area contributed by atoms with Gasteiger partial charge in [0.25, 0.3) is 0 Å². The molecule has 1 unspecified atom stereocenters. The molecule has 0 radical (unpaired) electrons. The Morgan fingerprint density at radius 2 is 1.78 bits per heavy atom. The number of benzene rings is 3. The van der Waals surface area contributed by atoms with Gasteiger partial charge < -0.3 is 24.3 Å². The molecule has 8 nitrogen and oxygen atoms in total. The molecule has 2 N–H and O–H groups in total. The Labute approximate surface area is 242 Å². The number of carbonyl (C=O) groups is 1. The number of aromatic amines is 1. The first-order chi connectivity index (χ1) is 19.9. The predicted molar refractivity (Wildman–Crippen MR) is 153 cm³/mol. The maximum atomic E-state index is 13.4. The SMILES string of the molecule is O=C(Oc1ccc(F)cc1)N1CCc2c([nH]c3ccc(Cl)cc23)C1c1ccc(OC[C@@H](O)CN2CCOCC2)cc1. The van der Waals surface area contributed by atoms with E-state index in [1.165, 1.54) is 24.3 Å². The third-order valence-electron chi connectivity index (χ3n) is 7.55. The molecule has 0 aliphatic carbocycles. The van der Waals surface area contributed by atoms with Crippen LogP contribution in [0.1, 0.15) is 22.9 Å². The Morgan fingerprint density at radius 3 is 2.54 bits per heavy atom. The molecule has 41 heavy (non-hydrogen) atoms. The van der Waals surface area contributed by atoms with Crippen molar-refractivity contribution in [3.05, 3.63) is 94.4 Å². The van der Waals surface area contributed by atoms with E-state index in [4.69, 9.17) is 25.8 Å². The number of β-amino-alcohol motifs (C(OH)–C–C–N with tert-alkyl or cyclic N) is 1. The summed E-state index contributed by atoms with van der Waals surface area (Å²) >= 11 is 6.31. The minimum absolute atomic E-state index is 0.170. The van der Waals surface area contributed by atoms with Crippen molar-refractivity contribution in [2.24, 2.45) is 0 Å². The average molecular weight is 580 g/mol. The smallest absolute Gasteiger partial charge is 0.416 e. The van der Waals surface area contributed by atoms with Crippen LogP contribution >= 0.6 is 11.6 Å². The maximum absolute atomic E-state index is 13.4. The number of hydrogen-bond acceptors (Lipinski definition) is 6. The van der Waals surface area contributed by atoms with Crippen LogP contribution in [0.2, 0.25) is 5.02 Å². The highest BCUT2D eigenvalue weighted by atomic mass is 35.5. The topological polar surface area (TPSA) is 87.3 Å². The third kappa shape index (κ3) is 6.18. The zero-order valence-corrected chi connectivity index (χ0v) is 23.1. The van der Waals surface area contributed by atoms with E-state index in [1.807, 2.05) is 42.5 Å². The molecule has 0 saturated carbocycles. The fourth-order valence-corrected chi connectivity index (χ4v) is 5.71. The molecule has 3 heterocycles. The molecule has 214 valence electrons. The van der Waals surface area contributed by atoms with Gasteiger partial charge in [-0.3, -0.25) is 9.80 Å². The second-order valence-electron chi connectivity index (χ2n) is 10.3. The van der Waals surface area contributed by atoms with E-state index >= 15 is 0 Å². The van der Waals surface area contributed by atoms with Crippen LogP contribution in [0.15, 0.2) is 66.7 Å². The average Bonchev–Trinajstić information content (AvgIpc) is 3.35. The van der Waals surface area contributed by atoms with E-state index in [-0.39, 0.29) is 12.4 Å². The minimum Gasteiger partial charge on any atom is -0.491 e. The van der Waals surface area contributed by atoms with Crippen molar-refractivity contribution in [2.75, 3.05) is 46.0 Å². The molecule has 2 aliphatic rings. The predicted octanol–water partition coefficient (Wildman–Crippen LogP) is 5.18. The van der Waals surface area contributed by atoms with Crippen molar-refractivity contribution in [1.82, 2.24) is 14.8 Å². The summed E-state index contributed by atoms with van der Waals surface area (Å²) in [6.45, 7) is 4.07. The van der Waals surface area contributed by atoms with Gasteiger partial charge in [-0.2, -0.15) is 0 Å². The van der Waals surface area contributed by atoms with Gasteiger partial charge in [-0.05, 0) is 72.1 Å². The number of nitrogens with one attached hydrogen (secondary N) is 1. The van der Waals surface area contributed by atoms with Crippen LogP contribution in [0.5, 0.6) is 11.5 Å². The molecule has 10 heteroatoms. The van der Waals surface area contributed by atoms with E-state index in [0.717, 1.165) is 40.8 Å². The molecule has 4 aromatic rings. The van der Waals surface area contributed by atoms with E-state index < -0.39 is 24.1 Å². The molecule has 6 rings (SSSR count). The first-order valence-corrected chi connectivity index (χ1v) is 14.1. The van der Waals surface area contributed by atoms with Crippen molar-refractivity contribution < 1.29 is 28.5 Å². The van der Waals surface area contributed by atoms with Crippen LogP contribution in [0.4, 0.5) is 9.18 Å². The lowest BCUT2D eigenvalue weighted by atomic mass is 9.92. The van der Waals surface area contributed by atoms with Gasteiger partial charge in [0.2, 0.25) is 0 Å². The number of carbonyl (C=O) groups excluding carboxylic acids is 1. The second kappa shape index (κ2) is 12.1. The summed E-state index contributed by atoms with van der Waals surface area (Å²) in [5.74, 6) is 0.483. The largest absolute Gasteiger partial charge is 0.491 e. The van der Waals surface area contributed by atoms with Gasteiger partial charge in [0, 0.05) is 47.8 Å². The van der Waals surface area contributed by atoms with Crippen molar-refractivity contribution in [2.45, 2.75) is 18.6 Å². The highest BCUT2D eigenvalue weighted by molar-refractivity contribution is 6.31. The first kappa shape index (κ1) is 27.5. The van der Waals surface area contributed by atoms with E-state index in [2.05, 4.69) is 9.88 Å². The van der Waals surface area contributed by atoms with E-state index in [0.29, 0.717) is 43.5 Å². The molecule has 2 atom stereocenters. The number of aliphatic hydroxyl groups is 1. The highest BCUT2D eigenvalue weighted by Crippen LogP contribution is 2.40. The molecular formula is C31H31ClFN3O5. The number of nitrogens with zero attached hydrogens (tertiary/aromatic N) is 2. The summed E-state index contributed by atoms with van der Waals surface area (Å²) in [6, 6.07) is 18.1. The maximum Gasteiger partial charge on any atom is 0.416 e. The number of rotatable bonds is 7. The Kier molecular flexibility index (Phi) is 8.11. The lowest BCUT2D eigenvalue weighted by Gasteiger charge is -2.35. The van der Waals surface area contributed by atoms with Crippen LogP contribution in [0.3, 0.4) is 0 Å². The van der Waals surface area contributed by atoms with Crippen LogP contribution in [0.25, 0.3) is 10.9 Å². The summed E-state index contributed by atoms with van der Waals surface area (Å²) < 4.78 is 30.3. The fourth-order valence-electron chi connectivity index (χ4n) is 5.54. The Morgan fingerprint density at radius 1 is 1.05 bits per heavy atom. The van der Waals surface area contributed by atoms with Crippen molar-refractivity contribution >= 4 is 28.6 Å². The Balaban J connectivity index is 1.23. The van der Waals surface area contributed by atoms with Crippen molar-refractivity contribution in [3.8, 4) is 11.5 Å².